The highest BCUT2D eigenvalue weighted by Crippen LogP contribution is 2.32. The first-order valence-electron chi connectivity index (χ1n) is 7.95. The molecule has 1 aromatic heterocycles. The number of ether oxygens (including phenoxy) is 1. The van der Waals surface area contributed by atoms with Crippen molar-refractivity contribution in [1.29, 1.82) is 0 Å². The van der Waals surface area contributed by atoms with Gasteiger partial charge in [0, 0.05) is 41.5 Å². The zero-order valence-electron chi connectivity index (χ0n) is 13.1. The van der Waals surface area contributed by atoms with Crippen LogP contribution in [0.2, 0.25) is 0 Å². The first kappa shape index (κ1) is 16.6. The van der Waals surface area contributed by atoms with Gasteiger partial charge in [0.25, 0.3) is 0 Å². The van der Waals surface area contributed by atoms with E-state index < -0.39 is 0 Å². The predicted molar refractivity (Wildman–Crippen MR) is 91.0 cm³/mol. The van der Waals surface area contributed by atoms with E-state index in [0.29, 0.717) is 0 Å². The Hall–Kier alpha value is -1.27. The summed E-state index contributed by atoms with van der Waals surface area (Å²) in [5.74, 6) is -0.208. The average Bonchev–Trinajstić information content (AvgIpc) is 3.19. The molecule has 1 aliphatic rings. The van der Waals surface area contributed by atoms with Crippen LogP contribution in [0, 0.1) is 11.2 Å². The quantitative estimate of drug-likeness (QED) is 0.814. The van der Waals surface area contributed by atoms with Crippen molar-refractivity contribution >= 4 is 11.3 Å². The van der Waals surface area contributed by atoms with Crippen LogP contribution in [-0.4, -0.2) is 31.5 Å². The molecule has 1 fully saturated rings. The fourth-order valence-corrected chi connectivity index (χ4v) is 3.99. The number of aliphatic hydroxyl groups excluding tert-OH is 1. The maximum atomic E-state index is 13.0. The number of hydrogen-bond donors (Lipinski definition) is 2. The van der Waals surface area contributed by atoms with Crippen LogP contribution in [-0.2, 0) is 11.3 Å². The fourth-order valence-electron chi connectivity index (χ4n) is 3.00. The van der Waals surface area contributed by atoms with Gasteiger partial charge in [0.15, 0.2) is 0 Å². The molecule has 0 amide bonds. The number of thiophene rings is 1. The van der Waals surface area contributed by atoms with Crippen molar-refractivity contribution in [2.24, 2.45) is 5.41 Å². The maximum Gasteiger partial charge on any atom is 0.123 e. The number of nitrogens with one attached hydrogen (secondary N) is 1. The summed E-state index contributed by atoms with van der Waals surface area (Å²) in [5, 5.41) is 12.8. The molecule has 0 aliphatic carbocycles. The molecule has 124 valence electrons. The zero-order chi connectivity index (χ0) is 16.1. The molecule has 1 saturated heterocycles. The van der Waals surface area contributed by atoms with Crippen LogP contribution < -0.4 is 5.32 Å². The normalized spacial score (nSPS) is 21.0. The summed E-state index contributed by atoms with van der Waals surface area (Å²) in [4.78, 5) is 2.40. The fraction of sp³-hybridized carbons (Fsp3) is 0.444. The second-order valence-corrected chi connectivity index (χ2v) is 7.32. The lowest BCUT2D eigenvalue weighted by Crippen LogP contribution is -2.35. The summed E-state index contributed by atoms with van der Waals surface area (Å²) in [6.07, 6.45) is 1.79. The van der Waals surface area contributed by atoms with E-state index in [2.05, 4.69) is 17.4 Å². The van der Waals surface area contributed by atoms with Gasteiger partial charge < -0.3 is 15.2 Å². The first-order chi connectivity index (χ1) is 11.2. The highest BCUT2D eigenvalue weighted by Gasteiger charge is 2.33. The van der Waals surface area contributed by atoms with Gasteiger partial charge in [-0.3, -0.25) is 0 Å². The third-order valence-electron chi connectivity index (χ3n) is 4.42. The van der Waals surface area contributed by atoms with Gasteiger partial charge in [-0.2, -0.15) is 0 Å². The number of benzene rings is 1. The second-order valence-electron chi connectivity index (χ2n) is 6.15. The molecule has 5 heteroatoms. The molecule has 23 heavy (non-hydrogen) atoms. The monoisotopic (exact) mass is 335 g/mol. The molecule has 0 spiro atoms. The molecular formula is C18H22FNO2S. The van der Waals surface area contributed by atoms with Gasteiger partial charge in [0.05, 0.1) is 6.61 Å². The van der Waals surface area contributed by atoms with E-state index in [1.807, 2.05) is 12.1 Å². The number of hydrogen-bond acceptors (Lipinski definition) is 4. The molecule has 0 bridgehead atoms. The molecule has 3 nitrogen and oxygen atoms in total. The number of halogens is 1. The lowest BCUT2D eigenvalue weighted by molar-refractivity contribution is 0.124. The summed E-state index contributed by atoms with van der Waals surface area (Å²) in [5.41, 5.74) is 1.12. The van der Waals surface area contributed by atoms with E-state index in [9.17, 15) is 9.50 Å². The minimum absolute atomic E-state index is 0.0752. The molecule has 0 radical (unpaired) electrons. The van der Waals surface area contributed by atoms with Gasteiger partial charge in [0.1, 0.15) is 5.82 Å². The van der Waals surface area contributed by atoms with E-state index in [4.69, 9.17) is 4.74 Å². The highest BCUT2D eigenvalue weighted by atomic mass is 32.1. The molecular weight excluding hydrogens is 313 g/mol. The Bertz CT molecular complexity index is 620. The van der Waals surface area contributed by atoms with Gasteiger partial charge in [-0.1, -0.05) is 12.1 Å². The largest absolute Gasteiger partial charge is 0.396 e. The summed E-state index contributed by atoms with van der Waals surface area (Å²) >= 11 is 1.72. The van der Waals surface area contributed by atoms with Gasteiger partial charge in [-0.25, -0.2) is 4.39 Å². The summed E-state index contributed by atoms with van der Waals surface area (Å²) in [6, 6.07) is 10.8. The van der Waals surface area contributed by atoms with Crippen molar-refractivity contribution in [1.82, 2.24) is 5.32 Å². The van der Waals surface area contributed by atoms with Crippen molar-refractivity contribution in [2.75, 3.05) is 26.4 Å². The molecule has 3 rings (SSSR count). The standard InChI is InChI=1S/C18H22FNO2S/c19-15-3-1-14(2-4-15)17-6-5-16(23-17)11-20-12-18(7-9-21)8-10-22-13-18/h1-6,20-21H,7-13H2. The topological polar surface area (TPSA) is 41.5 Å². The number of rotatable bonds is 7. The van der Waals surface area contributed by atoms with E-state index in [1.54, 1.807) is 11.3 Å². The van der Waals surface area contributed by atoms with E-state index in [0.717, 1.165) is 49.6 Å². The van der Waals surface area contributed by atoms with Crippen LogP contribution in [0.3, 0.4) is 0 Å². The van der Waals surface area contributed by atoms with Gasteiger partial charge in [-0.05, 0) is 42.7 Å². The van der Waals surface area contributed by atoms with Crippen LogP contribution >= 0.6 is 11.3 Å². The summed E-state index contributed by atoms with van der Waals surface area (Å²) < 4.78 is 18.5. The Morgan fingerprint density at radius 3 is 2.74 bits per heavy atom. The van der Waals surface area contributed by atoms with Crippen molar-refractivity contribution in [3.05, 3.63) is 47.1 Å². The average molecular weight is 335 g/mol. The Morgan fingerprint density at radius 1 is 1.22 bits per heavy atom. The van der Waals surface area contributed by atoms with E-state index in [1.165, 1.54) is 17.0 Å². The SMILES string of the molecule is OCCC1(CNCc2ccc(-c3ccc(F)cc3)s2)CCOC1. The van der Waals surface area contributed by atoms with Crippen LogP contribution in [0.15, 0.2) is 36.4 Å². The second kappa shape index (κ2) is 7.53. The Kier molecular flexibility index (Phi) is 5.43. The van der Waals surface area contributed by atoms with Crippen molar-refractivity contribution < 1.29 is 14.2 Å². The smallest absolute Gasteiger partial charge is 0.123 e. The minimum atomic E-state index is -0.208. The third-order valence-corrected chi connectivity index (χ3v) is 5.55. The van der Waals surface area contributed by atoms with E-state index in [-0.39, 0.29) is 17.8 Å². The van der Waals surface area contributed by atoms with E-state index >= 15 is 0 Å². The lowest BCUT2D eigenvalue weighted by Gasteiger charge is -2.26. The van der Waals surface area contributed by atoms with Crippen molar-refractivity contribution in [3.8, 4) is 10.4 Å². The van der Waals surface area contributed by atoms with Crippen LogP contribution in [0.4, 0.5) is 4.39 Å². The molecule has 1 aromatic carbocycles. The van der Waals surface area contributed by atoms with Gasteiger partial charge >= 0.3 is 0 Å². The molecule has 2 heterocycles. The van der Waals surface area contributed by atoms with Gasteiger partial charge in [-0.15, -0.1) is 11.3 Å². The molecule has 2 N–H and O–H groups in total. The van der Waals surface area contributed by atoms with Crippen molar-refractivity contribution in [2.45, 2.75) is 19.4 Å². The summed E-state index contributed by atoms with van der Waals surface area (Å²) in [7, 11) is 0. The zero-order valence-corrected chi connectivity index (χ0v) is 13.9. The molecule has 1 aliphatic heterocycles. The highest BCUT2D eigenvalue weighted by molar-refractivity contribution is 7.15. The molecule has 1 unspecified atom stereocenters. The van der Waals surface area contributed by atoms with Crippen LogP contribution in [0.5, 0.6) is 0 Å². The molecule has 2 aromatic rings. The first-order valence-corrected chi connectivity index (χ1v) is 8.76. The van der Waals surface area contributed by atoms with Crippen LogP contribution in [0.1, 0.15) is 17.7 Å². The number of aliphatic hydroxyl groups is 1. The Morgan fingerprint density at radius 2 is 2.04 bits per heavy atom. The Labute approximate surface area is 140 Å². The predicted octanol–water partition coefficient (Wildman–Crippen LogP) is 3.43. The van der Waals surface area contributed by atoms with Crippen molar-refractivity contribution in [3.63, 3.8) is 0 Å². The third kappa shape index (κ3) is 4.18. The van der Waals surface area contributed by atoms with Gasteiger partial charge in [0.2, 0.25) is 0 Å². The maximum absolute atomic E-state index is 13.0. The molecule has 1 atom stereocenters. The summed E-state index contributed by atoms with van der Waals surface area (Å²) in [6.45, 7) is 3.39. The Balaban J connectivity index is 1.56. The minimum Gasteiger partial charge on any atom is -0.396 e. The van der Waals surface area contributed by atoms with Crippen LogP contribution in [0.25, 0.3) is 10.4 Å². The lowest BCUT2D eigenvalue weighted by atomic mass is 9.84. The molecule has 0 saturated carbocycles.